The highest BCUT2D eigenvalue weighted by molar-refractivity contribution is 5.21. The molecule has 0 aromatic heterocycles. The zero-order chi connectivity index (χ0) is 13.8. The molecule has 1 atom stereocenters. The quantitative estimate of drug-likeness (QED) is 0.898. The van der Waals surface area contributed by atoms with Gasteiger partial charge in [-0.2, -0.15) is 0 Å². The van der Waals surface area contributed by atoms with Crippen molar-refractivity contribution < 1.29 is 0 Å². The molecule has 1 aromatic carbocycles. The van der Waals surface area contributed by atoms with E-state index in [2.05, 4.69) is 47.5 Å². The molecule has 2 heteroatoms. The Morgan fingerprint density at radius 3 is 2.65 bits per heavy atom. The van der Waals surface area contributed by atoms with Gasteiger partial charge in [-0.1, -0.05) is 56.5 Å². The Bertz CT molecular complexity index is 409. The molecule has 2 nitrogen and oxygen atoms in total. The third-order valence-electron chi connectivity index (χ3n) is 5.16. The minimum Gasteiger partial charge on any atom is -0.308 e. The van der Waals surface area contributed by atoms with Crippen LogP contribution in [0.1, 0.15) is 57.1 Å². The van der Waals surface area contributed by atoms with Gasteiger partial charge in [-0.25, -0.2) is 0 Å². The minimum absolute atomic E-state index is 0.430. The molecule has 1 spiro atoms. The van der Waals surface area contributed by atoms with Crippen LogP contribution in [-0.4, -0.2) is 30.1 Å². The van der Waals surface area contributed by atoms with Crippen LogP contribution in [-0.2, 0) is 0 Å². The van der Waals surface area contributed by atoms with E-state index in [1.807, 2.05) is 0 Å². The van der Waals surface area contributed by atoms with Crippen LogP contribution < -0.4 is 5.32 Å². The average molecular weight is 272 g/mol. The Balaban J connectivity index is 1.76. The molecular formula is C18H28N2. The van der Waals surface area contributed by atoms with Crippen LogP contribution in [0.4, 0.5) is 0 Å². The lowest BCUT2D eigenvalue weighted by Crippen LogP contribution is -2.60. The number of nitrogens with zero attached hydrogens (tertiary/aromatic N) is 1. The number of unbranched alkanes of at least 4 members (excludes halogenated alkanes) is 1. The molecular weight excluding hydrogens is 244 g/mol. The first-order chi connectivity index (χ1) is 9.83. The van der Waals surface area contributed by atoms with Gasteiger partial charge in [-0.3, -0.25) is 4.90 Å². The second-order valence-electron chi connectivity index (χ2n) is 6.62. The van der Waals surface area contributed by atoms with Crippen LogP contribution in [0.25, 0.3) is 0 Å². The molecule has 20 heavy (non-hydrogen) atoms. The third-order valence-corrected chi connectivity index (χ3v) is 5.16. The molecule has 0 radical (unpaired) electrons. The van der Waals surface area contributed by atoms with Crippen LogP contribution in [0.5, 0.6) is 0 Å². The monoisotopic (exact) mass is 272 g/mol. The van der Waals surface area contributed by atoms with Gasteiger partial charge in [0.15, 0.2) is 0 Å². The molecule has 1 unspecified atom stereocenters. The molecule has 2 aliphatic rings. The summed E-state index contributed by atoms with van der Waals surface area (Å²) in [7, 11) is 0. The summed E-state index contributed by atoms with van der Waals surface area (Å²) in [6.45, 7) is 5.91. The normalized spacial score (nSPS) is 26.1. The molecule has 1 aromatic rings. The fourth-order valence-electron chi connectivity index (χ4n) is 3.98. The van der Waals surface area contributed by atoms with E-state index in [4.69, 9.17) is 0 Å². The first-order valence-electron chi connectivity index (χ1n) is 8.37. The van der Waals surface area contributed by atoms with Crippen molar-refractivity contribution in [2.24, 2.45) is 0 Å². The van der Waals surface area contributed by atoms with Crippen molar-refractivity contribution in [3.63, 3.8) is 0 Å². The summed E-state index contributed by atoms with van der Waals surface area (Å²) in [6, 6.07) is 11.6. The number of rotatable bonds is 4. The van der Waals surface area contributed by atoms with Crippen molar-refractivity contribution in [3.05, 3.63) is 35.9 Å². The molecule has 1 aliphatic heterocycles. The number of benzene rings is 1. The van der Waals surface area contributed by atoms with Crippen LogP contribution in [0.2, 0.25) is 0 Å². The van der Waals surface area contributed by atoms with E-state index in [9.17, 15) is 0 Å². The van der Waals surface area contributed by atoms with E-state index in [0.29, 0.717) is 11.6 Å². The van der Waals surface area contributed by atoms with E-state index >= 15 is 0 Å². The summed E-state index contributed by atoms with van der Waals surface area (Å²) in [6.07, 6.45) is 8.17. The molecule has 2 fully saturated rings. The fourth-order valence-corrected chi connectivity index (χ4v) is 3.98. The van der Waals surface area contributed by atoms with Gasteiger partial charge in [0.05, 0.1) is 0 Å². The Labute approximate surface area is 123 Å². The van der Waals surface area contributed by atoms with Crippen molar-refractivity contribution in [2.45, 2.75) is 57.0 Å². The summed E-state index contributed by atoms with van der Waals surface area (Å²) in [5.41, 5.74) is 1.91. The van der Waals surface area contributed by atoms with Gasteiger partial charge >= 0.3 is 0 Å². The predicted molar refractivity (Wildman–Crippen MR) is 84.9 cm³/mol. The summed E-state index contributed by atoms with van der Waals surface area (Å²) < 4.78 is 0. The Morgan fingerprint density at radius 2 is 1.95 bits per heavy atom. The van der Waals surface area contributed by atoms with Crippen molar-refractivity contribution in [1.29, 1.82) is 0 Å². The van der Waals surface area contributed by atoms with Gasteiger partial charge in [0.25, 0.3) is 0 Å². The molecule has 0 amide bonds. The van der Waals surface area contributed by atoms with Gasteiger partial charge in [0.2, 0.25) is 0 Å². The number of nitrogens with one attached hydrogen (secondary N) is 1. The lowest BCUT2D eigenvalue weighted by Gasteiger charge is -2.46. The molecule has 3 rings (SSSR count). The van der Waals surface area contributed by atoms with Gasteiger partial charge in [0, 0.05) is 24.7 Å². The standard InChI is InChI=1S/C18H28N2/c1-2-3-13-20-15-18(11-7-8-12-18)19-14-17(20)16-9-5-4-6-10-16/h4-6,9-10,17,19H,2-3,7-8,11-15H2,1H3. The van der Waals surface area contributed by atoms with Crippen molar-refractivity contribution in [1.82, 2.24) is 10.2 Å². The van der Waals surface area contributed by atoms with E-state index in [1.54, 1.807) is 0 Å². The second-order valence-corrected chi connectivity index (χ2v) is 6.62. The van der Waals surface area contributed by atoms with Gasteiger partial charge in [-0.15, -0.1) is 0 Å². The van der Waals surface area contributed by atoms with Gasteiger partial charge < -0.3 is 5.32 Å². The third kappa shape index (κ3) is 2.91. The summed E-state index contributed by atoms with van der Waals surface area (Å²) in [5, 5.41) is 3.91. The average Bonchev–Trinajstić information content (AvgIpc) is 2.94. The maximum absolute atomic E-state index is 3.91. The maximum Gasteiger partial charge on any atom is 0.0473 e. The van der Waals surface area contributed by atoms with Gasteiger partial charge in [-0.05, 0) is 31.4 Å². The second kappa shape index (κ2) is 6.28. The fraction of sp³-hybridized carbons (Fsp3) is 0.667. The Kier molecular flexibility index (Phi) is 4.42. The zero-order valence-corrected chi connectivity index (χ0v) is 12.8. The van der Waals surface area contributed by atoms with E-state index < -0.39 is 0 Å². The number of piperazine rings is 1. The molecule has 0 bridgehead atoms. The summed E-state index contributed by atoms with van der Waals surface area (Å²) in [4.78, 5) is 2.75. The molecule has 1 aliphatic carbocycles. The molecule has 1 saturated carbocycles. The molecule has 1 N–H and O–H groups in total. The number of hydrogen-bond donors (Lipinski definition) is 1. The van der Waals surface area contributed by atoms with Crippen molar-refractivity contribution in [3.8, 4) is 0 Å². The summed E-state index contributed by atoms with van der Waals surface area (Å²) >= 11 is 0. The minimum atomic E-state index is 0.430. The Morgan fingerprint density at radius 1 is 1.20 bits per heavy atom. The van der Waals surface area contributed by atoms with Crippen molar-refractivity contribution >= 4 is 0 Å². The van der Waals surface area contributed by atoms with Crippen molar-refractivity contribution in [2.75, 3.05) is 19.6 Å². The van der Waals surface area contributed by atoms with E-state index in [0.717, 1.165) is 6.54 Å². The van der Waals surface area contributed by atoms with Crippen LogP contribution >= 0.6 is 0 Å². The molecule has 1 heterocycles. The zero-order valence-electron chi connectivity index (χ0n) is 12.8. The lowest BCUT2D eigenvalue weighted by molar-refractivity contribution is 0.0789. The van der Waals surface area contributed by atoms with E-state index in [1.165, 1.54) is 57.2 Å². The molecule has 1 saturated heterocycles. The smallest absolute Gasteiger partial charge is 0.0473 e. The largest absolute Gasteiger partial charge is 0.308 e. The SMILES string of the molecule is CCCCN1CC2(CCCC2)NCC1c1ccccc1. The maximum atomic E-state index is 3.91. The predicted octanol–water partition coefficient (Wildman–Crippen LogP) is 3.75. The first kappa shape index (κ1) is 14.1. The lowest BCUT2D eigenvalue weighted by atomic mass is 9.90. The first-order valence-corrected chi connectivity index (χ1v) is 8.37. The van der Waals surface area contributed by atoms with Crippen LogP contribution in [0.3, 0.4) is 0 Å². The number of hydrogen-bond acceptors (Lipinski definition) is 2. The van der Waals surface area contributed by atoms with Gasteiger partial charge in [0.1, 0.15) is 0 Å². The highest BCUT2D eigenvalue weighted by Crippen LogP contribution is 2.36. The van der Waals surface area contributed by atoms with E-state index in [-0.39, 0.29) is 0 Å². The molecule has 110 valence electrons. The Hall–Kier alpha value is -0.860. The van der Waals surface area contributed by atoms with Crippen LogP contribution in [0.15, 0.2) is 30.3 Å². The highest BCUT2D eigenvalue weighted by atomic mass is 15.3. The summed E-state index contributed by atoms with van der Waals surface area (Å²) in [5.74, 6) is 0. The van der Waals surface area contributed by atoms with Crippen LogP contribution in [0, 0.1) is 0 Å². The highest BCUT2D eigenvalue weighted by Gasteiger charge is 2.41. The topological polar surface area (TPSA) is 15.3 Å².